The third-order valence-corrected chi connectivity index (χ3v) is 3.36. The van der Waals surface area contributed by atoms with Crippen LogP contribution in [0.15, 0.2) is 53.5 Å². The van der Waals surface area contributed by atoms with Gasteiger partial charge in [-0.3, -0.25) is 0 Å². The molecule has 0 bridgehead atoms. The van der Waals surface area contributed by atoms with Crippen molar-refractivity contribution in [3.05, 3.63) is 71.0 Å². The molecule has 2 N–H and O–H groups in total. The van der Waals surface area contributed by atoms with E-state index in [1.54, 1.807) is 6.07 Å². The van der Waals surface area contributed by atoms with Crippen molar-refractivity contribution in [2.45, 2.75) is 26.9 Å². The molecule has 0 aliphatic carbocycles. The normalized spacial score (nSPS) is 10.8. The average molecular weight is 427 g/mol. The van der Waals surface area contributed by atoms with Crippen molar-refractivity contribution >= 4 is 29.9 Å². The molecule has 124 valence electrons. The van der Waals surface area contributed by atoms with Crippen molar-refractivity contribution in [2.75, 3.05) is 6.54 Å². The van der Waals surface area contributed by atoms with Crippen molar-refractivity contribution in [3.8, 4) is 0 Å². The molecule has 0 unspecified atom stereocenters. The van der Waals surface area contributed by atoms with Gasteiger partial charge in [0.05, 0.1) is 6.54 Å². The largest absolute Gasteiger partial charge is 0.357 e. The van der Waals surface area contributed by atoms with Gasteiger partial charge in [0, 0.05) is 13.1 Å². The molecular formula is C18H23FIN3. The van der Waals surface area contributed by atoms with Crippen molar-refractivity contribution in [2.24, 2.45) is 4.99 Å². The molecule has 0 radical (unpaired) electrons. The quantitative estimate of drug-likeness (QED) is 0.430. The first-order chi connectivity index (χ1) is 10.7. The Kier molecular flexibility index (Phi) is 8.61. The van der Waals surface area contributed by atoms with Gasteiger partial charge in [0.25, 0.3) is 0 Å². The molecule has 0 atom stereocenters. The van der Waals surface area contributed by atoms with Gasteiger partial charge in [-0.25, -0.2) is 9.38 Å². The number of nitrogens with zero attached hydrogens (tertiary/aromatic N) is 1. The lowest BCUT2D eigenvalue weighted by Gasteiger charge is -2.12. The van der Waals surface area contributed by atoms with Crippen LogP contribution in [0.1, 0.15) is 23.6 Å². The van der Waals surface area contributed by atoms with E-state index in [1.807, 2.05) is 25.1 Å². The summed E-state index contributed by atoms with van der Waals surface area (Å²) in [4.78, 5) is 4.50. The highest BCUT2D eigenvalue weighted by atomic mass is 127. The van der Waals surface area contributed by atoms with E-state index in [0.717, 1.165) is 18.1 Å². The fourth-order valence-corrected chi connectivity index (χ4v) is 2.13. The van der Waals surface area contributed by atoms with Crippen LogP contribution in [-0.4, -0.2) is 12.5 Å². The standard InChI is InChI=1S/C18H22FN3.HI/c1-3-20-18(21-12-15-8-6-10-17(19)11-15)22-13-16-9-5-4-7-14(16)2;/h4-11H,3,12-13H2,1-2H3,(H2,20,21,22);1H. The number of guanidine groups is 1. The average Bonchev–Trinajstić information content (AvgIpc) is 2.51. The second-order valence-electron chi connectivity index (χ2n) is 5.11. The van der Waals surface area contributed by atoms with Gasteiger partial charge < -0.3 is 10.6 Å². The van der Waals surface area contributed by atoms with Crippen LogP contribution >= 0.6 is 24.0 Å². The van der Waals surface area contributed by atoms with Gasteiger partial charge in [-0.05, 0) is 42.7 Å². The fourth-order valence-electron chi connectivity index (χ4n) is 2.13. The van der Waals surface area contributed by atoms with Gasteiger partial charge in [-0.2, -0.15) is 0 Å². The summed E-state index contributed by atoms with van der Waals surface area (Å²) < 4.78 is 13.2. The molecule has 2 rings (SSSR count). The highest BCUT2D eigenvalue weighted by Gasteiger charge is 2.01. The van der Waals surface area contributed by atoms with Gasteiger partial charge in [0.1, 0.15) is 5.82 Å². The monoisotopic (exact) mass is 427 g/mol. The molecular weight excluding hydrogens is 404 g/mol. The van der Waals surface area contributed by atoms with Crippen LogP contribution in [0.25, 0.3) is 0 Å². The number of rotatable bonds is 5. The molecule has 2 aromatic rings. The molecule has 0 saturated heterocycles. The summed E-state index contributed by atoms with van der Waals surface area (Å²) in [7, 11) is 0. The zero-order valence-corrected chi connectivity index (χ0v) is 15.8. The molecule has 0 amide bonds. The van der Waals surface area contributed by atoms with Gasteiger partial charge in [0.2, 0.25) is 0 Å². The van der Waals surface area contributed by atoms with Crippen molar-refractivity contribution in [1.29, 1.82) is 0 Å². The third kappa shape index (κ3) is 6.56. The molecule has 0 aliphatic rings. The van der Waals surface area contributed by atoms with Crippen LogP contribution in [0.5, 0.6) is 0 Å². The zero-order chi connectivity index (χ0) is 15.8. The minimum absolute atomic E-state index is 0. The van der Waals surface area contributed by atoms with Crippen molar-refractivity contribution in [3.63, 3.8) is 0 Å². The predicted octanol–water partition coefficient (Wildman–Crippen LogP) is 4.01. The Morgan fingerprint density at radius 3 is 2.57 bits per heavy atom. The zero-order valence-electron chi connectivity index (χ0n) is 13.5. The van der Waals surface area contributed by atoms with E-state index in [-0.39, 0.29) is 29.8 Å². The van der Waals surface area contributed by atoms with Gasteiger partial charge in [-0.1, -0.05) is 36.4 Å². The molecule has 0 aliphatic heterocycles. The van der Waals surface area contributed by atoms with Gasteiger partial charge in [0.15, 0.2) is 5.96 Å². The molecule has 2 aromatic carbocycles. The van der Waals surface area contributed by atoms with Crippen LogP contribution in [0, 0.1) is 12.7 Å². The second-order valence-corrected chi connectivity index (χ2v) is 5.11. The summed E-state index contributed by atoms with van der Waals surface area (Å²) in [6.07, 6.45) is 0. The van der Waals surface area contributed by atoms with E-state index in [2.05, 4.69) is 34.7 Å². The molecule has 0 heterocycles. The number of nitrogens with one attached hydrogen (secondary N) is 2. The lowest BCUT2D eigenvalue weighted by molar-refractivity contribution is 0.625. The Balaban J connectivity index is 0.00000264. The maximum Gasteiger partial charge on any atom is 0.191 e. The summed E-state index contributed by atoms with van der Waals surface area (Å²) in [5, 5.41) is 6.51. The molecule has 0 fully saturated rings. The van der Waals surface area contributed by atoms with Crippen LogP contribution in [0.3, 0.4) is 0 Å². The molecule has 3 nitrogen and oxygen atoms in total. The van der Waals surface area contributed by atoms with E-state index < -0.39 is 0 Å². The van der Waals surface area contributed by atoms with E-state index >= 15 is 0 Å². The second kappa shape index (κ2) is 10.2. The maximum atomic E-state index is 13.2. The molecule has 0 spiro atoms. The Bertz CT molecular complexity index is 644. The number of hydrogen-bond acceptors (Lipinski definition) is 1. The van der Waals surface area contributed by atoms with E-state index in [4.69, 9.17) is 0 Å². The smallest absolute Gasteiger partial charge is 0.191 e. The summed E-state index contributed by atoms with van der Waals surface area (Å²) in [6, 6.07) is 14.8. The molecule has 0 saturated carbocycles. The first kappa shape index (κ1) is 19.4. The number of aryl methyl sites for hydroxylation is 1. The maximum absolute atomic E-state index is 13.2. The minimum atomic E-state index is -0.231. The van der Waals surface area contributed by atoms with Gasteiger partial charge in [-0.15, -0.1) is 24.0 Å². The summed E-state index contributed by atoms with van der Waals surface area (Å²) in [6.45, 7) is 6.05. The summed E-state index contributed by atoms with van der Waals surface area (Å²) >= 11 is 0. The number of halogens is 2. The van der Waals surface area contributed by atoms with E-state index in [9.17, 15) is 4.39 Å². The summed E-state index contributed by atoms with van der Waals surface area (Å²) in [5.41, 5.74) is 3.34. The van der Waals surface area contributed by atoms with Crippen LogP contribution in [-0.2, 0) is 13.1 Å². The molecule has 23 heavy (non-hydrogen) atoms. The van der Waals surface area contributed by atoms with Crippen LogP contribution in [0.4, 0.5) is 4.39 Å². The lowest BCUT2D eigenvalue weighted by atomic mass is 10.1. The highest BCUT2D eigenvalue weighted by molar-refractivity contribution is 14.0. The summed E-state index contributed by atoms with van der Waals surface area (Å²) in [5.74, 6) is 0.501. The number of aliphatic imine (C=N–C) groups is 1. The van der Waals surface area contributed by atoms with Crippen molar-refractivity contribution < 1.29 is 4.39 Å². The minimum Gasteiger partial charge on any atom is -0.357 e. The first-order valence-electron chi connectivity index (χ1n) is 7.50. The molecule has 0 aromatic heterocycles. The Labute approximate surface area is 154 Å². The first-order valence-corrected chi connectivity index (χ1v) is 7.50. The van der Waals surface area contributed by atoms with Crippen molar-refractivity contribution in [1.82, 2.24) is 10.6 Å². The molecule has 5 heteroatoms. The van der Waals surface area contributed by atoms with Gasteiger partial charge >= 0.3 is 0 Å². The number of benzene rings is 2. The lowest BCUT2D eigenvalue weighted by Crippen LogP contribution is -2.36. The third-order valence-electron chi connectivity index (χ3n) is 3.36. The number of hydrogen-bond donors (Lipinski definition) is 2. The topological polar surface area (TPSA) is 36.4 Å². The fraction of sp³-hybridized carbons (Fsp3) is 0.278. The highest BCUT2D eigenvalue weighted by Crippen LogP contribution is 2.07. The van der Waals surface area contributed by atoms with E-state index in [1.165, 1.54) is 23.3 Å². The van der Waals surface area contributed by atoms with E-state index in [0.29, 0.717) is 13.1 Å². The predicted molar refractivity (Wildman–Crippen MR) is 105 cm³/mol. The van der Waals surface area contributed by atoms with Crippen LogP contribution in [0.2, 0.25) is 0 Å². The van der Waals surface area contributed by atoms with Crippen LogP contribution < -0.4 is 10.6 Å². The Hall–Kier alpha value is -1.63. The SMILES string of the molecule is CCNC(=NCc1cccc(F)c1)NCc1ccccc1C.I. The Morgan fingerprint density at radius 2 is 1.87 bits per heavy atom. The Morgan fingerprint density at radius 1 is 1.09 bits per heavy atom.